The molecule has 7 heteroatoms. The molecule has 160 valence electrons. The molecule has 0 amide bonds. The van der Waals surface area contributed by atoms with Gasteiger partial charge in [0.15, 0.2) is 5.58 Å². The molecule has 0 spiro atoms. The Balaban J connectivity index is 1.93. The van der Waals surface area contributed by atoms with Crippen molar-refractivity contribution in [3.8, 4) is 16.9 Å². The minimum absolute atomic E-state index is 0.0565. The molecule has 0 aliphatic heterocycles. The highest BCUT2D eigenvalue weighted by atomic mass is 35.5. The highest BCUT2D eigenvalue weighted by Gasteiger charge is 2.20. The van der Waals surface area contributed by atoms with Gasteiger partial charge in [0.1, 0.15) is 17.9 Å². The summed E-state index contributed by atoms with van der Waals surface area (Å²) in [6, 6.07) is 11.1. The Morgan fingerprint density at radius 2 is 1.84 bits per heavy atom. The molecule has 4 aromatic rings. The minimum Gasteiger partial charge on any atom is -0.507 e. The van der Waals surface area contributed by atoms with Gasteiger partial charge in [-0.05, 0) is 42.8 Å². The lowest BCUT2D eigenvalue weighted by atomic mass is 9.99. The second-order valence-corrected chi connectivity index (χ2v) is 8.22. The van der Waals surface area contributed by atoms with E-state index in [1.807, 2.05) is 7.05 Å². The quantitative estimate of drug-likeness (QED) is 0.446. The van der Waals surface area contributed by atoms with Crippen molar-refractivity contribution >= 4 is 33.5 Å². The standard InChI is InChI=1S/C24H22ClNO5/c1-3-4-9-26(2)13-19-20(27)7-6-16-17(12-22(28)31-23(16)19)18-11-14-10-15(25)5-8-21(14)30-24(18)29/h5-8,10-12,27H,3-4,9,13H2,1-2H3/p+1. The number of hydrogen-bond donors (Lipinski definition) is 2. The normalized spacial score (nSPS) is 12.5. The number of hydrogen-bond acceptors (Lipinski definition) is 5. The summed E-state index contributed by atoms with van der Waals surface area (Å²) in [5, 5.41) is 12.2. The van der Waals surface area contributed by atoms with E-state index in [4.69, 9.17) is 20.4 Å². The summed E-state index contributed by atoms with van der Waals surface area (Å²) in [7, 11) is 2.03. The zero-order valence-electron chi connectivity index (χ0n) is 17.3. The van der Waals surface area contributed by atoms with Gasteiger partial charge in [-0.25, -0.2) is 9.59 Å². The topological polar surface area (TPSA) is 85.1 Å². The average Bonchev–Trinajstić information content (AvgIpc) is 2.73. The van der Waals surface area contributed by atoms with E-state index in [1.165, 1.54) is 11.0 Å². The highest BCUT2D eigenvalue weighted by Crippen LogP contribution is 2.33. The SMILES string of the molecule is CCCC[NH+](C)Cc1c(O)ccc2c(-c3cc4cc(Cl)ccc4oc3=O)cc(=O)oc12. The smallest absolute Gasteiger partial charge is 0.344 e. The molecule has 4 rings (SSSR count). The van der Waals surface area contributed by atoms with E-state index in [-0.39, 0.29) is 16.9 Å². The van der Waals surface area contributed by atoms with Crippen LogP contribution in [0.15, 0.2) is 60.9 Å². The van der Waals surface area contributed by atoms with E-state index in [1.54, 1.807) is 36.4 Å². The number of rotatable bonds is 6. The number of benzene rings is 2. The number of nitrogens with one attached hydrogen (secondary N) is 1. The Bertz CT molecular complexity index is 1390. The zero-order chi connectivity index (χ0) is 22.1. The Labute approximate surface area is 183 Å². The molecule has 2 N–H and O–H groups in total. The summed E-state index contributed by atoms with van der Waals surface area (Å²) in [5.41, 5.74) is 0.686. The van der Waals surface area contributed by atoms with Crippen molar-refractivity contribution in [2.75, 3.05) is 13.6 Å². The molecular formula is C24H23ClNO5+. The lowest BCUT2D eigenvalue weighted by Crippen LogP contribution is -3.07. The monoisotopic (exact) mass is 440 g/mol. The van der Waals surface area contributed by atoms with Crippen molar-refractivity contribution < 1.29 is 18.8 Å². The van der Waals surface area contributed by atoms with Crippen molar-refractivity contribution in [2.45, 2.75) is 26.3 Å². The van der Waals surface area contributed by atoms with E-state index in [9.17, 15) is 14.7 Å². The van der Waals surface area contributed by atoms with Crippen LogP contribution in [-0.2, 0) is 6.54 Å². The van der Waals surface area contributed by atoms with Gasteiger partial charge in [-0.15, -0.1) is 0 Å². The molecule has 0 aliphatic rings. The van der Waals surface area contributed by atoms with Crippen LogP contribution in [0, 0.1) is 0 Å². The fraction of sp³-hybridized carbons (Fsp3) is 0.250. The molecule has 0 fully saturated rings. The summed E-state index contributed by atoms with van der Waals surface area (Å²) < 4.78 is 11.0. The van der Waals surface area contributed by atoms with Gasteiger partial charge in [0.25, 0.3) is 0 Å². The molecule has 2 aromatic carbocycles. The molecule has 0 saturated carbocycles. The molecule has 31 heavy (non-hydrogen) atoms. The van der Waals surface area contributed by atoms with E-state index in [0.717, 1.165) is 19.4 Å². The molecule has 2 aromatic heterocycles. The van der Waals surface area contributed by atoms with Gasteiger partial charge in [0.2, 0.25) is 0 Å². The minimum atomic E-state index is -0.605. The number of aromatic hydroxyl groups is 1. The Morgan fingerprint density at radius 1 is 1.03 bits per heavy atom. The van der Waals surface area contributed by atoms with Crippen LogP contribution in [0.5, 0.6) is 5.75 Å². The maximum atomic E-state index is 12.7. The van der Waals surface area contributed by atoms with Crippen molar-refractivity contribution in [3.63, 3.8) is 0 Å². The first kappa shape index (κ1) is 21.2. The van der Waals surface area contributed by atoms with Crippen LogP contribution in [-0.4, -0.2) is 18.7 Å². The van der Waals surface area contributed by atoms with Gasteiger partial charge >= 0.3 is 11.3 Å². The lowest BCUT2D eigenvalue weighted by molar-refractivity contribution is -0.893. The van der Waals surface area contributed by atoms with Gasteiger partial charge in [0, 0.05) is 27.4 Å². The van der Waals surface area contributed by atoms with Crippen LogP contribution in [0.2, 0.25) is 5.02 Å². The number of fused-ring (bicyclic) bond motifs is 2. The van der Waals surface area contributed by atoms with Crippen molar-refractivity contribution in [1.29, 1.82) is 0 Å². The largest absolute Gasteiger partial charge is 0.507 e. The first-order valence-electron chi connectivity index (χ1n) is 10.2. The lowest BCUT2D eigenvalue weighted by Gasteiger charge is -2.16. The maximum absolute atomic E-state index is 12.7. The molecular weight excluding hydrogens is 418 g/mol. The second kappa shape index (κ2) is 8.57. The molecule has 6 nitrogen and oxygen atoms in total. The third-order valence-corrected chi connectivity index (χ3v) is 5.65. The summed E-state index contributed by atoms with van der Waals surface area (Å²) in [5.74, 6) is 0.0565. The first-order valence-corrected chi connectivity index (χ1v) is 10.6. The van der Waals surface area contributed by atoms with Crippen LogP contribution >= 0.6 is 11.6 Å². The highest BCUT2D eigenvalue weighted by molar-refractivity contribution is 6.31. The summed E-state index contributed by atoms with van der Waals surface area (Å²) in [6.45, 7) is 3.53. The van der Waals surface area contributed by atoms with E-state index < -0.39 is 11.3 Å². The van der Waals surface area contributed by atoms with E-state index in [2.05, 4.69) is 6.92 Å². The van der Waals surface area contributed by atoms with Gasteiger partial charge in [-0.1, -0.05) is 24.9 Å². The second-order valence-electron chi connectivity index (χ2n) is 7.79. The van der Waals surface area contributed by atoms with Crippen LogP contribution in [0.4, 0.5) is 0 Å². The summed E-state index contributed by atoms with van der Waals surface area (Å²) >= 11 is 6.08. The average molecular weight is 441 g/mol. The first-order chi connectivity index (χ1) is 14.9. The van der Waals surface area contributed by atoms with Crippen molar-refractivity contribution in [2.24, 2.45) is 0 Å². The Hall–Kier alpha value is -3.09. The van der Waals surface area contributed by atoms with E-state index in [0.29, 0.717) is 39.0 Å². The van der Waals surface area contributed by atoms with Crippen molar-refractivity contribution in [3.05, 3.63) is 73.9 Å². The molecule has 0 saturated heterocycles. The number of unbranched alkanes of at least 4 members (excludes halogenated alkanes) is 1. The summed E-state index contributed by atoms with van der Waals surface area (Å²) in [4.78, 5) is 26.3. The maximum Gasteiger partial charge on any atom is 0.344 e. The predicted molar refractivity (Wildman–Crippen MR) is 121 cm³/mol. The summed E-state index contributed by atoms with van der Waals surface area (Å²) in [6.07, 6.45) is 2.12. The van der Waals surface area contributed by atoms with Crippen LogP contribution < -0.4 is 16.2 Å². The van der Waals surface area contributed by atoms with Gasteiger partial charge in [0.05, 0.1) is 24.7 Å². The molecule has 0 radical (unpaired) electrons. The van der Waals surface area contributed by atoms with E-state index >= 15 is 0 Å². The zero-order valence-corrected chi connectivity index (χ0v) is 18.1. The molecule has 1 atom stereocenters. The van der Waals surface area contributed by atoms with Crippen LogP contribution in [0.3, 0.4) is 0 Å². The third-order valence-electron chi connectivity index (χ3n) is 5.41. The molecule has 1 unspecified atom stereocenters. The van der Waals surface area contributed by atoms with Crippen LogP contribution in [0.1, 0.15) is 25.3 Å². The Kier molecular flexibility index (Phi) is 5.85. The molecule has 0 aliphatic carbocycles. The predicted octanol–water partition coefficient (Wildman–Crippen LogP) is 3.74. The van der Waals surface area contributed by atoms with Gasteiger partial charge in [-0.3, -0.25) is 0 Å². The Morgan fingerprint density at radius 3 is 2.61 bits per heavy atom. The van der Waals surface area contributed by atoms with Gasteiger partial charge < -0.3 is 18.8 Å². The number of quaternary nitrogens is 1. The fourth-order valence-electron chi connectivity index (χ4n) is 3.82. The third kappa shape index (κ3) is 4.22. The molecule has 0 bridgehead atoms. The number of phenols is 1. The molecule has 2 heterocycles. The van der Waals surface area contributed by atoms with Gasteiger partial charge in [-0.2, -0.15) is 0 Å². The number of halogens is 1. The van der Waals surface area contributed by atoms with Crippen LogP contribution in [0.25, 0.3) is 33.1 Å². The van der Waals surface area contributed by atoms with Crippen molar-refractivity contribution in [1.82, 2.24) is 0 Å². The number of phenolic OH excluding ortho intramolecular Hbond substituents is 1. The fourth-order valence-corrected chi connectivity index (χ4v) is 4.00.